The Balaban J connectivity index is 3.04. The third-order valence-electron chi connectivity index (χ3n) is 1.02. The Morgan fingerprint density at radius 2 is 2.10 bits per heavy atom. The van der Waals surface area contributed by atoms with Gasteiger partial charge in [0.2, 0.25) is 5.49 Å². The number of hydrogen-bond donors (Lipinski definition) is 1. The highest BCUT2D eigenvalue weighted by Gasteiger charge is 2.08. The molecule has 2 heterocycles. The fraction of sp³-hybridized carbons (Fsp3) is 0. The standard InChI is InChI=1S/C4HN3O3/c8-3-5-1-2(7-3)10-4(9)6-1/h(H,5,6,8,9). The summed E-state index contributed by atoms with van der Waals surface area (Å²) in [5.74, 6) is -0.648. The van der Waals surface area contributed by atoms with Crippen molar-refractivity contribution in [3.05, 3.63) is 21.6 Å². The molecule has 0 unspecified atom stereocenters. The van der Waals surface area contributed by atoms with E-state index in [9.17, 15) is 9.59 Å². The molecule has 2 rings (SSSR count). The number of rotatable bonds is 0. The van der Waals surface area contributed by atoms with Crippen molar-refractivity contribution in [1.29, 1.82) is 0 Å². The number of hydrogen-bond acceptors (Lipinski definition) is 3. The summed E-state index contributed by atoms with van der Waals surface area (Å²) >= 11 is 0. The number of nitrogens with zero attached hydrogens (tertiary/aromatic N) is 2. The normalized spacial score (nSPS) is 14.2. The summed E-state index contributed by atoms with van der Waals surface area (Å²) in [5.41, 5.74) is 0.0741. The second-order valence-corrected chi connectivity index (χ2v) is 1.67. The van der Waals surface area contributed by atoms with Gasteiger partial charge < -0.3 is 4.42 Å². The van der Waals surface area contributed by atoms with E-state index in [1.807, 2.05) is 0 Å². The van der Waals surface area contributed by atoms with Crippen LogP contribution in [0.5, 0.6) is 0 Å². The Kier molecular flexibility index (Phi) is 0.717. The molecule has 1 aliphatic rings. The molecule has 0 saturated heterocycles. The lowest BCUT2D eigenvalue weighted by Crippen LogP contribution is -2.18. The summed E-state index contributed by atoms with van der Waals surface area (Å²) in [5, 5.41) is 0. The van der Waals surface area contributed by atoms with Crippen molar-refractivity contribution in [2.24, 2.45) is 9.98 Å². The van der Waals surface area contributed by atoms with E-state index in [0.29, 0.717) is 0 Å². The second-order valence-electron chi connectivity index (χ2n) is 1.67. The topological polar surface area (TPSA) is 87.8 Å². The maximum absolute atomic E-state index is 10.4. The van der Waals surface area contributed by atoms with E-state index in [2.05, 4.69) is 19.4 Å². The number of aromatic amines is 1. The second kappa shape index (κ2) is 1.41. The Hall–Kier alpha value is -1.72. The lowest BCUT2D eigenvalue weighted by atomic mass is 10.9. The van der Waals surface area contributed by atoms with Crippen molar-refractivity contribution < 1.29 is 9.21 Å². The molecule has 2 amide bonds. The molecule has 0 atom stereocenters. The van der Waals surface area contributed by atoms with Crippen LogP contribution in [0.3, 0.4) is 0 Å². The van der Waals surface area contributed by atoms with Crippen molar-refractivity contribution in [2.45, 2.75) is 0 Å². The van der Waals surface area contributed by atoms with Gasteiger partial charge in [-0.15, -0.1) is 0 Å². The van der Waals surface area contributed by atoms with Crippen LogP contribution in [0.25, 0.3) is 0 Å². The predicted molar refractivity (Wildman–Crippen MR) is 27.0 cm³/mol. The fourth-order valence-electron chi connectivity index (χ4n) is 0.671. The summed E-state index contributed by atoms with van der Waals surface area (Å²) in [7, 11) is 0. The lowest BCUT2D eigenvalue weighted by Gasteiger charge is -1.67. The highest BCUT2D eigenvalue weighted by atomic mass is 16.4. The average molecular weight is 139 g/mol. The van der Waals surface area contributed by atoms with Crippen molar-refractivity contribution in [2.75, 3.05) is 0 Å². The van der Waals surface area contributed by atoms with Gasteiger partial charge in [0.15, 0.2) is 0 Å². The van der Waals surface area contributed by atoms with Crippen LogP contribution in [0.4, 0.5) is 4.79 Å². The summed E-state index contributed by atoms with van der Waals surface area (Å²) in [6, 6.07) is -0.648. The molecule has 1 aliphatic heterocycles. The minimum absolute atomic E-state index is 0.0324. The summed E-state index contributed by atoms with van der Waals surface area (Å²) in [4.78, 5) is 29.5. The fourth-order valence-corrected chi connectivity index (χ4v) is 0.671. The van der Waals surface area contributed by atoms with Crippen molar-refractivity contribution in [3.8, 4) is 0 Å². The number of amides is 2. The number of nitrogens with one attached hydrogen (secondary N) is 1. The number of oxazole rings is 1. The minimum atomic E-state index is -0.648. The van der Waals surface area contributed by atoms with Crippen LogP contribution < -0.4 is 16.8 Å². The van der Waals surface area contributed by atoms with Crippen LogP contribution in [0.2, 0.25) is 0 Å². The molecule has 6 nitrogen and oxygen atoms in total. The molecule has 10 heavy (non-hydrogen) atoms. The van der Waals surface area contributed by atoms with Gasteiger partial charge in [-0.2, -0.15) is 9.98 Å². The molecule has 0 aliphatic carbocycles. The summed E-state index contributed by atoms with van der Waals surface area (Å²) < 4.78 is 4.40. The summed E-state index contributed by atoms with van der Waals surface area (Å²) in [6.07, 6.45) is 0. The Morgan fingerprint density at radius 1 is 1.30 bits per heavy atom. The first-order valence-corrected chi connectivity index (χ1v) is 2.46. The van der Waals surface area contributed by atoms with Gasteiger partial charge in [-0.3, -0.25) is 4.98 Å². The zero-order valence-electron chi connectivity index (χ0n) is 4.62. The molecule has 50 valence electrons. The first-order chi connectivity index (χ1) is 4.75. The molecular formula is C4HN3O3. The number of aromatic nitrogens is 1. The number of carbonyl (C=O) groups is 1. The monoisotopic (exact) mass is 139 g/mol. The van der Waals surface area contributed by atoms with Gasteiger partial charge >= 0.3 is 11.8 Å². The molecule has 1 N–H and O–H groups in total. The smallest absolute Gasteiger partial charge is 0.387 e. The zero-order chi connectivity index (χ0) is 7.14. The van der Waals surface area contributed by atoms with E-state index < -0.39 is 11.8 Å². The van der Waals surface area contributed by atoms with Crippen LogP contribution in [0.15, 0.2) is 19.2 Å². The minimum Gasteiger partial charge on any atom is -0.387 e. The van der Waals surface area contributed by atoms with E-state index in [0.717, 1.165) is 0 Å². The SMILES string of the molecule is O=C1N=c2[nH]c(=O)oc2=N1. The number of fused-ring (bicyclic) bond motifs is 1. The van der Waals surface area contributed by atoms with Crippen LogP contribution in [-0.4, -0.2) is 11.0 Å². The summed E-state index contributed by atoms with van der Waals surface area (Å²) in [6.45, 7) is 0. The molecule has 0 aromatic carbocycles. The molecule has 0 bridgehead atoms. The van der Waals surface area contributed by atoms with Gasteiger partial charge in [0, 0.05) is 0 Å². The van der Waals surface area contributed by atoms with Gasteiger partial charge in [-0.25, -0.2) is 9.59 Å². The van der Waals surface area contributed by atoms with Crippen LogP contribution in [0, 0.1) is 0 Å². The first-order valence-electron chi connectivity index (χ1n) is 2.46. The van der Waals surface area contributed by atoms with E-state index in [1.54, 1.807) is 0 Å². The molecule has 0 fully saturated rings. The molecule has 0 spiro atoms. The Labute approximate surface area is 52.9 Å². The average Bonchev–Trinajstić information content (AvgIpc) is 2.21. The predicted octanol–water partition coefficient (Wildman–Crippen LogP) is -1.66. The van der Waals surface area contributed by atoms with Crippen LogP contribution >= 0.6 is 0 Å². The van der Waals surface area contributed by atoms with E-state index in [-0.39, 0.29) is 11.0 Å². The molecular weight excluding hydrogens is 138 g/mol. The lowest BCUT2D eigenvalue weighted by molar-refractivity contribution is 0.256. The van der Waals surface area contributed by atoms with E-state index in [1.165, 1.54) is 0 Å². The quantitative estimate of drug-likeness (QED) is 0.466. The Bertz CT molecular complexity index is 412. The van der Waals surface area contributed by atoms with Crippen molar-refractivity contribution in [3.63, 3.8) is 0 Å². The van der Waals surface area contributed by atoms with Gasteiger partial charge in [0.05, 0.1) is 0 Å². The maximum Gasteiger partial charge on any atom is 0.419 e. The first kappa shape index (κ1) is 5.10. The largest absolute Gasteiger partial charge is 0.419 e. The maximum atomic E-state index is 10.4. The third-order valence-corrected chi connectivity index (χ3v) is 1.02. The van der Waals surface area contributed by atoms with E-state index >= 15 is 0 Å². The van der Waals surface area contributed by atoms with Gasteiger partial charge in [-0.1, -0.05) is 0 Å². The Morgan fingerprint density at radius 3 is 2.80 bits per heavy atom. The van der Waals surface area contributed by atoms with Gasteiger partial charge in [0.1, 0.15) is 0 Å². The number of urea groups is 1. The molecule has 1 aromatic heterocycles. The number of carbonyl (C=O) groups excluding carboxylic acids is 1. The van der Waals surface area contributed by atoms with Crippen molar-refractivity contribution >= 4 is 6.03 Å². The molecule has 0 radical (unpaired) electrons. The van der Waals surface area contributed by atoms with Crippen LogP contribution in [0.1, 0.15) is 0 Å². The molecule has 0 saturated carbocycles. The van der Waals surface area contributed by atoms with Gasteiger partial charge in [0.25, 0.3) is 5.55 Å². The third kappa shape index (κ3) is 0.524. The molecule has 1 aromatic rings. The van der Waals surface area contributed by atoms with Gasteiger partial charge in [-0.05, 0) is 0 Å². The highest BCUT2D eigenvalue weighted by molar-refractivity contribution is 5.76. The van der Waals surface area contributed by atoms with E-state index in [4.69, 9.17) is 0 Å². The van der Waals surface area contributed by atoms with Crippen molar-refractivity contribution in [1.82, 2.24) is 4.98 Å². The zero-order valence-corrected chi connectivity index (χ0v) is 4.62. The molecule has 6 heteroatoms. The van der Waals surface area contributed by atoms with Crippen LogP contribution in [-0.2, 0) is 0 Å². The highest BCUT2D eigenvalue weighted by Crippen LogP contribution is 1.78. The number of H-pyrrole nitrogens is 1.